The number of allylic oxidation sites excluding steroid dienone is 1. The highest BCUT2D eigenvalue weighted by Gasteiger charge is 2.65. The van der Waals surface area contributed by atoms with Crippen molar-refractivity contribution in [3.8, 4) is 11.5 Å². The number of benzene rings is 2. The molecule has 3 fully saturated rings. The SMILES string of the molecule is C=CCO[C@@]12Oc3ccc(OCCN4CC4)cc3[C@H]3[C@H](CCCCO)[C@@H](CCCCO)C=C(C(=NOCc4ccccc4)C[C@@H]1N(CCC)C(=O)CCC1CCCC1)[C@H]32. The molecule has 0 spiro atoms. The van der Waals surface area contributed by atoms with Crippen LogP contribution in [0, 0.1) is 23.7 Å². The molecule has 2 saturated carbocycles. The van der Waals surface area contributed by atoms with Crippen LogP contribution in [0.1, 0.15) is 114 Å². The summed E-state index contributed by atoms with van der Waals surface area (Å²) < 4.78 is 21.0. The third-order valence-electron chi connectivity index (χ3n) is 13.5. The first kappa shape index (κ1) is 43.4. The molecule has 1 amide bonds. The molecule has 0 unspecified atom stereocenters. The predicted octanol–water partition coefficient (Wildman–Crippen LogP) is 8.42. The lowest BCUT2D eigenvalue weighted by Crippen LogP contribution is -2.70. The first-order chi connectivity index (χ1) is 29.0. The number of unbranched alkanes of at least 4 members (excludes halogenated alkanes) is 2. The van der Waals surface area contributed by atoms with Gasteiger partial charge in [0.05, 0.1) is 18.2 Å². The number of aliphatic hydroxyl groups excluding tert-OH is 2. The second-order valence-corrected chi connectivity index (χ2v) is 17.5. The largest absolute Gasteiger partial charge is 0.492 e. The topological polar surface area (TPSA) is 113 Å². The summed E-state index contributed by atoms with van der Waals surface area (Å²) in [6.45, 7) is 11.4. The molecule has 6 atom stereocenters. The minimum absolute atomic E-state index is 0.0729. The average molecular weight is 812 g/mol. The van der Waals surface area contributed by atoms with Gasteiger partial charge in [-0.15, -0.1) is 6.58 Å². The van der Waals surface area contributed by atoms with Crippen molar-refractivity contribution < 1.29 is 34.1 Å². The normalized spacial score (nSPS) is 26.7. The van der Waals surface area contributed by atoms with Crippen LogP contribution in [0.5, 0.6) is 11.5 Å². The summed E-state index contributed by atoms with van der Waals surface area (Å²) in [7, 11) is 0. The number of hydrogen-bond donors (Lipinski definition) is 2. The van der Waals surface area contributed by atoms with E-state index in [1.807, 2.05) is 36.4 Å². The predicted molar refractivity (Wildman–Crippen MR) is 231 cm³/mol. The highest BCUT2D eigenvalue weighted by atomic mass is 16.7. The smallest absolute Gasteiger partial charge is 0.239 e. The molecule has 0 aromatic heterocycles. The fourth-order valence-electron chi connectivity index (χ4n) is 10.5. The molecule has 2 aromatic rings. The fraction of sp³-hybridized carbons (Fsp3) is 0.633. The van der Waals surface area contributed by atoms with Crippen LogP contribution in [0.4, 0.5) is 0 Å². The molecular formula is C49H69N3O7. The Bertz CT molecular complexity index is 1720. The van der Waals surface area contributed by atoms with Gasteiger partial charge in [0.15, 0.2) is 0 Å². The Kier molecular flexibility index (Phi) is 15.6. The van der Waals surface area contributed by atoms with Crippen LogP contribution in [-0.4, -0.2) is 96.1 Å². The number of oxime groups is 1. The van der Waals surface area contributed by atoms with E-state index < -0.39 is 11.8 Å². The first-order valence-electron chi connectivity index (χ1n) is 22.9. The summed E-state index contributed by atoms with van der Waals surface area (Å²) in [4.78, 5) is 25.5. The van der Waals surface area contributed by atoms with E-state index >= 15 is 0 Å². The Morgan fingerprint density at radius 2 is 1.81 bits per heavy atom. The van der Waals surface area contributed by atoms with Crippen LogP contribution < -0.4 is 9.47 Å². The van der Waals surface area contributed by atoms with Crippen LogP contribution in [0.3, 0.4) is 0 Å². The van der Waals surface area contributed by atoms with E-state index in [0.29, 0.717) is 38.5 Å². The summed E-state index contributed by atoms with van der Waals surface area (Å²) in [5, 5.41) is 24.9. The van der Waals surface area contributed by atoms with Crippen LogP contribution in [-0.2, 0) is 21.0 Å². The number of fused-ring (bicyclic) bond motifs is 2. The summed E-state index contributed by atoms with van der Waals surface area (Å²) in [6.07, 6.45) is 16.7. The molecule has 0 bridgehead atoms. The summed E-state index contributed by atoms with van der Waals surface area (Å²) in [6, 6.07) is 15.9. The van der Waals surface area contributed by atoms with E-state index in [1.165, 1.54) is 25.7 Å². The van der Waals surface area contributed by atoms with E-state index in [2.05, 4.69) is 41.5 Å². The molecule has 5 aliphatic rings. The number of ether oxygens (including phenoxy) is 3. The fourth-order valence-corrected chi connectivity index (χ4v) is 10.5. The van der Waals surface area contributed by atoms with Crippen LogP contribution in [0.25, 0.3) is 0 Å². The lowest BCUT2D eigenvalue weighted by atomic mass is 9.55. The van der Waals surface area contributed by atoms with Gasteiger partial charge in [0, 0.05) is 63.7 Å². The maximum Gasteiger partial charge on any atom is 0.239 e. The molecule has 10 heteroatoms. The van der Waals surface area contributed by atoms with E-state index in [0.717, 1.165) is 105 Å². The van der Waals surface area contributed by atoms with Gasteiger partial charge in [0.25, 0.3) is 0 Å². The molecule has 322 valence electrons. The number of amides is 1. The lowest BCUT2D eigenvalue weighted by molar-refractivity contribution is -0.257. The zero-order valence-electron chi connectivity index (χ0n) is 35.5. The van der Waals surface area contributed by atoms with E-state index in [9.17, 15) is 15.0 Å². The van der Waals surface area contributed by atoms with Crippen molar-refractivity contribution in [1.82, 2.24) is 9.80 Å². The van der Waals surface area contributed by atoms with Crippen LogP contribution >= 0.6 is 0 Å². The van der Waals surface area contributed by atoms with Crippen molar-refractivity contribution in [3.05, 3.63) is 84.0 Å². The third kappa shape index (κ3) is 10.4. The molecular weight excluding hydrogens is 743 g/mol. The number of aliphatic hydroxyl groups is 2. The third-order valence-corrected chi connectivity index (χ3v) is 13.5. The first-order valence-corrected chi connectivity index (χ1v) is 22.9. The van der Waals surface area contributed by atoms with Gasteiger partial charge in [0.1, 0.15) is 30.8 Å². The van der Waals surface area contributed by atoms with Crippen LogP contribution in [0.2, 0.25) is 0 Å². The van der Waals surface area contributed by atoms with Crippen molar-refractivity contribution in [2.24, 2.45) is 28.8 Å². The van der Waals surface area contributed by atoms with Gasteiger partial charge in [-0.05, 0) is 85.6 Å². The van der Waals surface area contributed by atoms with Gasteiger partial charge < -0.3 is 34.2 Å². The summed E-state index contributed by atoms with van der Waals surface area (Å²) in [5.74, 6) is 1.02. The minimum Gasteiger partial charge on any atom is -0.492 e. The molecule has 1 saturated heterocycles. The summed E-state index contributed by atoms with van der Waals surface area (Å²) in [5.41, 5.74) is 4.01. The van der Waals surface area contributed by atoms with E-state index in [1.54, 1.807) is 6.08 Å². The van der Waals surface area contributed by atoms with Gasteiger partial charge in [-0.25, -0.2) is 0 Å². The Balaban J connectivity index is 1.37. The quantitative estimate of drug-likeness (QED) is 0.0471. The molecule has 2 aromatic carbocycles. The molecule has 0 radical (unpaired) electrons. The Morgan fingerprint density at radius 3 is 2.54 bits per heavy atom. The van der Waals surface area contributed by atoms with Gasteiger partial charge in [-0.3, -0.25) is 9.69 Å². The Labute approximate surface area is 352 Å². The second kappa shape index (κ2) is 21.2. The lowest BCUT2D eigenvalue weighted by Gasteiger charge is -2.60. The second-order valence-electron chi connectivity index (χ2n) is 17.5. The number of hydrogen-bond acceptors (Lipinski definition) is 9. The zero-order chi connectivity index (χ0) is 41.0. The van der Waals surface area contributed by atoms with Crippen molar-refractivity contribution in [3.63, 3.8) is 0 Å². The Morgan fingerprint density at radius 1 is 1.03 bits per heavy atom. The monoisotopic (exact) mass is 812 g/mol. The van der Waals surface area contributed by atoms with Gasteiger partial charge in [0.2, 0.25) is 11.7 Å². The highest BCUT2D eigenvalue weighted by Crippen LogP contribution is 2.62. The average Bonchev–Trinajstić information content (AvgIpc) is 3.93. The van der Waals surface area contributed by atoms with Crippen molar-refractivity contribution in [2.75, 3.05) is 52.6 Å². The molecule has 59 heavy (non-hydrogen) atoms. The van der Waals surface area contributed by atoms with Crippen molar-refractivity contribution in [2.45, 2.75) is 121 Å². The molecule has 2 aliphatic heterocycles. The number of nitrogens with zero attached hydrogens (tertiary/aromatic N) is 3. The van der Waals surface area contributed by atoms with E-state index in [4.69, 9.17) is 24.2 Å². The minimum atomic E-state index is -1.23. The molecule has 10 nitrogen and oxygen atoms in total. The maximum atomic E-state index is 14.8. The number of rotatable bonds is 24. The standard InChI is InChI=1S/C49H69N3O7/c1-3-24-52(46(55)23-20-36-14-8-9-15-36)45-34-43(50-58-35-37-16-6-5-7-17-37)41-32-38(18-10-12-28-53)40(19-11-13-29-54)47-42-33-39(56-31-27-51-25-26-51)21-22-44(42)59-49(45,48(41)47)57-30-4-2/h4-7,16-17,21-22,32-33,36,38,40,45,47-48,53-54H,2-3,8-15,18-20,23-31,34-35H2,1H3/t38-,40+,45-,47+,48+,49+/m0/s1. The zero-order valence-corrected chi connectivity index (χ0v) is 35.5. The molecule has 3 aliphatic carbocycles. The molecule has 2 N–H and O–H groups in total. The van der Waals surface area contributed by atoms with Gasteiger partial charge in [-0.2, -0.15) is 0 Å². The van der Waals surface area contributed by atoms with Crippen molar-refractivity contribution in [1.29, 1.82) is 0 Å². The van der Waals surface area contributed by atoms with Crippen molar-refractivity contribution >= 4 is 11.6 Å². The number of carbonyl (C=O) groups is 1. The highest BCUT2D eigenvalue weighted by molar-refractivity contribution is 6.03. The summed E-state index contributed by atoms with van der Waals surface area (Å²) >= 11 is 0. The molecule has 7 rings (SSSR count). The van der Waals surface area contributed by atoms with Gasteiger partial charge in [-0.1, -0.05) is 93.1 Å². The Hall–Kier alpha value is -3.70. The molecule has 2 heterocycles. The van der Waals surface area contributed by atoms with E-state index in [-0.39, 0.29) is 49.4 Å². The number of carbonyl (C=O) groups excluding carboxylic acids is 1. The van der Waals surface area contributed by atoms with Crippen LogP contribution in [0.15, 0.2) is 78.0 Å². The van der Waals surface area contributed by atoms with Gasteiger partial charge >= 0.3 is 0 Å². The maximum absolute atomic E-state index is 14.8.